The Balaban J connectivity index is 2.97. The lowest BCUT2D eigenvalue weighted by molar-refractivity contribution is -0.126. The Morgan fingerprint density at radius 1 is 1.27 bits per heavy atom. The van der Waals surface area contributed by atoms with E-state index in [-0.39, 0.29) is 11.9 Å². The van der Waals surface area contributed by atoms with Crippen molar-refractivity contribution < 1.29 is 4.79 Å². The highest BCUT2D eigenvalue weighted by molar-refractivity contribution is 7.80. The van der Waals surface area contributed by atoms with Gasteiger partial charge < -0.3 is 4.90 Å². The largest absolute Gasteiger partial charge is 0.300 e. The molecule has 0 N–H and O–H groups in total. The molecule has 1 rings (SSSR count). The minimum atomic E-state index is -0.0150. The number of hydrogen-bond acceptors (Lipinski definition) is 2. The highest BCUT2D eigenvalue weighted by Crippen LogP contribution is 2.09. The summed E-state index contributed by atoms with van der Waals surface area (Å²) in [5.41, 5.74) is 0.913. The van der Waals surface area contributed by atoms with E-state index >= 15 is 0 Å². The molecule has 1 amide bonds. The van der Waals surface area contributed by atoms with Gasteiger partial charge >= 0.3 is 0 Å². The van der Waals surface area contributed by atoms with Gasteiger partial charge in [-0.1, -0.05) is 42.5 Å². The van der Waals surface area contributed by atoms with E-state index in [1.165, 1.54) is 6.92 Å². The Bertz CT molecular complexity index is 359. The third-order valence-electron chi connectivity index (χ3n) is 2.10. The zero-order chi connectivity index (χ0) is 11.4. The SMILES string of the molecule is CC(=O)N(C(=S)c1ccccc1)C(C)C. The van der Waals surface area contributed by atoms with Gasteiger partial charge in [-0.3, -0.25) is 4.79 Å². The van der Waals surface area contributed by atoms with Crippen molar-refractivity contribution in [3.05, 3.63) is 35.9 Å². The van der Waals surface area contributed by atoms with E-state index in [4.69, 9.17) is 12.2 Å². The summed E-state index contributed by atoms with van der Waals surface area (Å²) in [7, 11) is 0. The van der Waals surface area contributed by atoms with Gasteiger partial charge in [0.15, 0.2) is 0 Å². The molecular weight excluding hydrogens is 206 g/mol. The Labute approximate surface area is 95.9 Å². The van der Waals surface area contributed by atoms with Gasteiger partial charge in [0.05, 0.1) is 0 Å². The fourth-order valence-electron chi connectivity index (χ4n) is 1.46. The molecule has 0 fully saturated rings. The van der Waals surface area contributed by atoms with Crippen LogP contribution in [0.25, 0.3) is 0 Å². The van der Waals surface area contributed by atoms with E-state index in [0.717, 1.165) is 5.56 Å². The van der Waals surface area contributed by atoms with Crippen LogP contribution in [0.4, 0.5) is 0 Å². The fourth-order valence-corrected chi connectivity index (χ4v) is 1.94. The molecule has 0 bridgehead atoms. The van der Waals surface area contributed by atoms with E-state index in [2.05, 4.69) is 0 Å². The number of thiocarbonyl (C=S) groups is 1. The van der Waals surface area contributed by atoms with Gasteiger partial charge in [-0.05, 0) is 13.8 Å². The van der Waals surface area contributed by atoms with E-state index in [9.17, 15) is 4.79 Å². The van der Waals surface area contributed by atoms with Crippen LogP contribution in [0.15, 0.2) is 30.3 Å². The van der Waals surface area contributed by atoms with Crippen LogP contribution in [-0.2, 0) is 4.79 Å². The molecule has 0 saturated carbocycles. The molecule has 0 aliphatic rings. The molecule has 0 radical (unpaired) electrons. The van der Waals surface area contributed by atoms with Crippen LogP contribution in [0.1, 0.15) is 26.3 Å². The first-order valence-corrected chi connectivity index (χ1v) is 5.34. The molecule has 1 aromatic rings. The Morgan fingerprint density at radius 2 is 1.80 bits per heavy atom. The van der Waals surface area contributed by atoms with Crippen LogP contribution in [0.5, 0.6) is 0 Å². The smallest absolute Gasteiger partial charge is 0.224 e. The number of hydrogen-bond donors (Lipinski definition) is 0. The molecule has 80 valence electrons. The van der Waals surface area contributed by atoms with Crippen LogP contribution in [-0.4, -0.2) is 21.8 Å². The van der Waals surface area contributed by atoms with E-state index in [1.807, 2.05) is 44.2 Å². The molecule has 1 aromatic carbocycles. The summed E-state index contributed by atoms with van der Waals surface area (Å²) in [6.07, 6.45) is 0. The molecule has 0 aliphatic heterocycles. The fraction of sp³-hybridized carbons (Fsp3) is 0.333. The van der Waals surface area contributed by atoms with Crippen molar-refractivity contribution in [3.8, 4) is 0 Å². The predicted octanol–water partition coefficient (Wildman–Crippen LogP) is 2.62. The number of amides is 1. The average molecular weight is 221 g/mol. The lowest BCUT2D eigenvalue weighted by Gasteiger charge is -2.25. The van der Waals surface area contributed by atoms with Gasteiger partial charge in [0.1, 0.15) is 4.99 Å². The number of rotatable bonds is 2. The van der Waals surface area contributed by atoms with Crippen LogP contribution >= 0.6 is 12.2 Å². The summed E-state index contributed by atoms with van der Waals surface area (Å²) in [4.78, 5) is 13.7. The summed E-state index contributed by atoms with van der Waals surface area (Å²) in [5.74, 6) is -0.0150. The van der Waals surface area contributed by atoms with Crippen molar-refractivity contribution >= 4 is 23.1 Å². The van der Waals surface area contributed by atoms with Gasteiger partial charge in [-0.2, -0.15) is 0 Å². The summed E-state index contributed by atoms with van der Waals surface area (Å²) >= 11 is 5.30. The first kappa shape index (κ1) is 11.9. The van der Waals surface area contributed by atoms with E-state index in [0.29, 0.717) is 4.99 Å². The molecule has 0 aliphatic carbocycles. The quantitative estimate of drug-likeness (QED) is 0.715. The predicted molar refractivity (Wildman–Crippen MR) is 65.8 cm³/mol. The molecular formula is C12H15NOS. The number of carbonyl (C=O) groups is 1. The zero-order valence-electron chi connectivity index (χ0n) is 9.23. The molecule has 0 aromatic heterocycles. The monoisotopic (exact) mass is 221 g/mol. The van der Waals surface area contributed by atoms with Gasteiger partial charge in [-0.25, -0.2) is 0 Å². The number of benzene rings is 1. The molecule has 0 heterocycles. The van der Waals surface area contributed by atoms with Crippen LogP contribution in [0.3, 0.4) is 0 Å². The Hall–Kier alpha value is -1.22. The van der Waals surface area contributed by atoms with E-state index < -0.39 is 0 Å². The summed E-state index contributed by atoms with van der Waals surface area (Å²) in [5, 5.41) is 0. The zero-order valence-corrected chi connectivity index (χ0v) is 10.0. The van der Waals surface area contributed by atoms with Crippen molar-refractivity contribution in [2.24, 2.45) is 0 Å². The third-order valence-corrected chi connectivity index (χ3v) is 2.53. The molecule has 15 heavy (non-hydrogen) atoms. The van der Waals surface area contributed by atoms with Crippen molar-refractivity contribution in [2.75, 3.05) is 0 Å². The minimum Gasteiger partial charge on any atom is -0.300 e. The van der Waals surface area contributed by atoms with Crippen LogP contribution < -0.4 is 0 Å². The summed E-state index contributed by atoms with van der Waals surface area (Å²) < 4.78 is 0. The minimum absolute atomic E-state index is 0.0150. The van der Waals surface area contributed by atoms with Gasteiger partial charge in [0.2, 0.25) is 5.91 Å². The molecule has 0 atom stereocenters. The highest BCUT2D eigenvalue weighted by Gasteiger charge is 2.18. The van der Waals surface area contributed by atoms with Crippen molar-refractivity contribution in [3.63, 3.8) is 0 Å². The maximum atomic E-state index is 11.4. The first-order chi connectivity index (χ1) is 7.04. The van der Waals surface area contributed by atoms with Gasteiger partial charge in [0, 0.05) is 18.5 Å². The van der Waals surface area contributed by atoms with Crippen LogP contribution in [0.2, 0.25) is 0 Å². The highest BCUT2D eigenvalue weighted by atomic mass is 32.1. The van der Waals surface area contributed by atoms with Crippen molar-refractivity contribution in [2.45, 2.75) is 26.8 Å². The standard InChI is InChI=1S/C12H15NOS/c1-9(2)13(10(3)14)12(15)11-7-5-4-6-8-11/h4-9H,1-3H3. The maximum absolute atomic E-state index is 11.4. The second kappa shape index (κ2) is 5.03. The average Bonchev–Trinajstić information content (AvgIpc) is 2.18. The third kappa shape index (κ3) is 2.86. The normalized spacial score (nSPS) is 10.1. The van der Waals surface area contributed by atoms with Crippen molar-refractivity contribution in [1.29, 1.82) is 0 Å². The molecule has 3 heteroatoms. The second-order valence-electron chi connectivity index (χ2n) is 3.65. The molecule has 0 unspecified atom stereocenters. The van der Waals surface area contributed by atoms with Gasteiger partial charge in [-0.15, -0.1) is 0 Å². The Kier molecular flexibility index (Phi) is 3.97. The second-order valence-corrected chi connectivity index (χ2v) is 4.04. The summed E-state index contributed by atoms with van der Waals surface area (Å²) in [6, 6.07) is 9.69. The summed E-state index contributed by atoms with van der Waals surface area (Å²) in [6.45, 7) is 5.45. The first-order valence-electron chi connectivity index (χ1n) is 4.93. The number of nitrogens with zero attached hydrogens (tertiary/aromatic N) is 1. The topological polar surface area (TPSA) is 20.3 Å². The Morgan fingerprint density at radius 3 is 2.20 bits per heavy atom. The van der Waals surface area contributed by atoms with Crippen LogP contribution in [0, 0.1) is 0 Å². The van der Waals surface area contributed by atoms with Crippen molar-refractivity contribution in [1.82, 2.24) is 4.90 Å². The molecule has 0 spiro atoms. The molecule has 2 nitrogen and oxygen atoms in total. The number of carbonyl (C=O) groups excluding carboxylic acids is 1. The van der Waals surface area contributed by atoms with Gasteiger partial charge in [0.25, 0.3) is 0 Å². The lowest BCUT2D eigenvalue weighted by Crippen LogP contribution is -2.39. The maximum Gasteiger partial charge on any atom is 0.224 e. The lowest BCUT2D eigenvalue weighted by atomic mass is 10.2. The molecule has 0 saturated heterocycles. The van der Waals surface area contributed by atoms with E-state index in [1.54, 1.807) is 4.90 Å².